The van der Waals surface area contributed by atoms with Crippen LogP contribution >= 0.6 is 0 Å². The van der Waals surface area contributed by atoms with E-state index in [0.717, 1.165) is 36.7 Å². The highest BCUT2D eigenvalue weighted by Gasteiger charge is 2.64. The highest BCUT2D eigenvalue weighted by Crippen LogP contribution is 2.61. The molecular weight excluding hydrogens is 481 g/mol. The van der Waals surface area contributed by atoms with Gasteiger partial charge >= 0.3 is 12.1 Å². The van der Waals surface area contributed by atoms with Crippen molar-refractivity contribution in [1.82, 2.24) is 0 Å². The van der Waals surface area contributed by atoms with Crippen LogP contribution in [-0.4, -0.2) is 31.1 Å². The number of alkyl halides is 3. The van der Waals surface area contributed by atoms with E-state index in [1.807, 2.05) is 13.8 Å². The van der Waals surface area contributed by atoms with Crippen molar-refractivity contribution in [2.75, 3.05) is 7.11 Å². The molecule has 1 saturated carbocycles. The van der Waals surface area contributed by atoms with E-state index in [2.05, 4.69) is 19.9 Å². The van der Waals surface area contributed by atoms with Gasteiger partial charge in [-0.2, -0.15) is 13.2 Å². The zero-order valence-electron chi connectivity index (χ0n) is 22.4. The summed E-state index contributed by atoms with van der Waals surface area (Å²) >= 11 is 0. The third kappa shape index (κ3) is 6.08. The average molecular weight is 519 g/mol. The summed E-state index contributed by atoms with van der Waals surface area (Å²) in [5, 5.41) is 0. The number of hydrogen-bond donors (Lipinski definition) is 0. The molecule has 0 aliphatic heterocycles. The number of benzene rings is 1. The monoisotopic (exact) mass is 518 g/mol. The fourth-order valence-corrected chi connectivity index (χ4v) is 5.39. The lowest BCUT2D eigenvalue weighted by molar-refractivity contribution is -0.277. The van der Waals surface area contributed by atoms with E-state index in [1.54, 1.807) is 25.1 Å². The number of carbonyl (C=O) groups is 2. The third-order valence-electron chi connectivity index (χ3n) is 7.92. The molecule has 37 heavy (non-hydrogen) atoms. The molecule has 1 aromatic carbocycles. The zero-order valence-corrected chi connectivity index (χ0v) is 22.4. The molecule has 4 atom stereocenters. The van der Waals surface area contributed by atoms with Gasteiger partial charge < -0.3 is 9.47 Å². The normalized spacial score (nSPS) is 30.7. The van der Waals surface area contributed by atoms with Crippen molar-refractivity contribution >= 4 is 11.8 Å². The van der Waals surface area contributed by atoms with Gasteiger partial charge in [-0.25, -0.2) is 4.79 Å². The Morgan fingerprint density at radius 3 is 2.27 bits per heavy atom. The highest BCUT2D eigenvalue weighted by atomic mass is 19.4. The zero-order chi connectivity index (χ0) is 27.6. The second-order valence-electron chi connectivity index (χ2n) is 10.9. The number of rotatable bonds is 4. The Balaban J connectivity index is 1.95. The standard InChI is InChI=1S/C30H37F3O4/c1-19-12-14-24-25(28(24,4)5)18-21(3)26(34)15-13-20(2)17-23(16-19)37-27(35)29(36-6,30(31,32)33)22-10-8-7-9-11-22/h7-11,13,16,18,23-25H,12,14-15,17H2,1-6H3/b19-16+,20-13+,21-18+/t23-,24+,25-,29+/m1/s1. The molecule has 0 unspecified atom stereocenters. The maximum Gasteiger partial charge on any atom is 0.432 e. The largest absolute Gasteiger partial charge is 0.455 e. The number of esters is 1. The summed E-state index contributed by atoms with van der Waals surface area (Å²) in [6, 6.07) is 6.80. The van der Waals surface area contributed by atoms with Gasteiger partial charge in [0, 0.05) is 25.5 Å². The van der Waals surface area contributed by atoms with Crippen molar-refractivity contribution in [3.05, 3.63) is 70.8 Å². The van der Waals surface area contributed by atoms with E-state index in [4.69, 9.17) is 9.47 Å². The summed E-state index contributed by atoms with van der Waals surface area (Å²) in [5.74, 6) is -0.789. The fourth-order valence-electron chi connectivity index (χ4n) is 5.39. The van der Waals surface area contributed by atoms with Crippen LogP contribution in [0.4, 0.5) is 13.2 Å². The topological polar surface area (TPSA) is 52.6 Å². The molecule has 0 aromatic heterocycles. The van der Waals surface area contributed by atoms with Crippen molar-refractivity contribution in [3.8, 4) is 0 Å². The van der Waals surface area contributed by atoms with Gasteiger partial charge in [0.05, 0.1) is 0 Å². The maximum atomic E-state index is 14.4. The molecule has 4 nitrogen and oxygen atoms in total. The van der Waals surface area contributed by atoms with Gasteiger partial charge in [-0.1, -0.05) is 67.5 Å². The molecule has 0 spiro atoms. The minimum absolute atomic E-state index is 0.0117. The lowest BCUT2D eigenvalue weighted by atomic mass is 9.92. The predicted octanol–water partition coefficient (Wildman–Crippen LogP) is 7.26. The number of methoxy groups -OCH3 is 1. The fraction of sp³-hybridized carbons (Fsp3) is 0.533. The summed E-state index contributed by atoms with van der Waals surface area (Å²) in [6.07, 6.45) is 1.54. The van der Waals surface area contributed by atoms with E-state index >= 15 is 0 Å². The van der Waals surface area contributed by atoms with Crippen molar-refractivity contribution in [2.24, 2.45) is 17.3 Å². The molecule has 202 valence electrons. The van der Waals surface area contributed by atoms with E-state index in [9.17, 15) is 22.8 Å². The van der Waals surface area contributed by atoms with Crippen LogP contribution in [0.1, 0.15) is 65.9 Å². The van der Waals surface area contributed by atoms with Gasteiger partial charge in [0.25, 0.3) is 5.60 Å². The Labute approximate surface area is 217 Å². The molecule has 0 N–H and O–H groups in total. The molecule has 1 fully saturated rings. The Hall–Kier alpha value is -2.67. The van der Waals surface area contributed by atoms with Crippen LogP contribution in [0.5, 0.6) is 0 Å². The molecule has 2 aliphatic carbocycles. The number of ether oxygens (including phenoxy) is 2. The van der Waals surface area contributed by atoms with Crippen molar-refractivity contribution in [3.63, 3.8) is 0 Å². The van der Waals surface area contributed by atoms with Crippen LogP contribution in [0.3, 0.4) is 0 Å². The number of carbonyl (C=O) groups excluding carboxylic acids is 2. The summed E-state index contributed by atoms with van der Waals surface area (Å²) in [7, 11) is 0.858. The van der Waals surface area contributed by atoms with Crippen LogP contribution in [-0.2, 0) is 24.7 Å². The molecule has 0 radical (unpaired) electrons. The van der Waals surface area contributed by atoms with Gasteiger partial charge in [-0.3, -0.25) is 4.79 Å². The third-order valence-corrected chi connectivity index (χ3v) is 7.92. The van der Waals surface area contributed by atoms with Gasteiger partial charge in [0.1, 0.15) is 6.10 Å². The smallest absolute Gasteiger partial charge is 0.432 e. The van der Waals surface area contributed by atoms with Crippen LogP contribution in [0, 0.1) is 17.3 Å². The van der Waals surface area contributed by atoms with Crippen LogP contribution in [0.25, 0.3) is 0 Å². The predicted molar refractivity (Wildman–Crippen MR) is 137 cm³/mol. The Morgan fingerprint density at radius 1 is 1.03 bits per heavy atom. The molecule has 0 bridgehead atoms. The lowest BCUT2D eigenvalue weighted by Crippen LogP contribution is -2.52. The van der Waals surface area contributed by atoms with Crippen LogP contribution in [0.15, 0.2) is 65.3 Å². The molecule has 7 heteroatoms. The number of ketones is 1. The first-order valence-corrected chi connectivity index (χ1v) is 12.7. The summed E-state index contributed by atoms with van der Waals surface area (Å²) < 4.78 is 53.6. The molecule has 2 aliphatic rings. The van der Waals surface area contributed by atoms with E-state index in [-0.39, 0.29) is 29.6 Å². The summed E-state index contributed by atoms with van der Waals surface area (Å²) in [6.45, 7) is 9.91. The average Bonchev–Trinajstić information content (AvgIpc) is 3.33. The molecule has 0 heterocycles. The second-order valence-corrected chi connectivity index (χ2v) is 10.9. The molecule has 0 amide bonds. The first-order chi connectivity index (χ1) is 17.2. The van der Waals surface area contributed by atoms with Gasteiger partial charge in [0.2, 0.25) is 0 Å². The SMILES string of the molecule is CO[C@](C(=O)O[C@@H]1/C=C(\C)CC[C@H]2[C@@H](/C=C(\C)C(=O)C/C=C(\C)C1)C2(C)C)(c1ccccc1)C(F)(F)F. The number of Topliss-reactive ketones (excluding diaryl/α,β-unsaturated/α-hetero) is 1. The summed E-state index contributed by atoms with van der Waals surface area (Å²) in [5.41, 5.74) is -1.10. The summed E-state index contributed by atoms with van der Waals surface area (Å²) in [4.78, 5) is 26.0. The van der Waals surface area contributed by atoms with Crippen molar-refractivity contribution < 1.29 is 32.2 Å². The Morgan fingerprint density at radius 2 is 1.68 bits per heavy atom. The maximum absolute atomic E-state index is 14.4. The van der Waals surface area contributed by atoms with Gasteiger partial charge in [-0.05, 0) is 62.5 Å². The molecule has 3 rings (SSSR count). The van der Waals surface area contributed by atoms with Gasteiger partial charge in [0.15, 0.2) is 5.78 Å². The van der Waals surface area contributed by atoms with Crippen molar-refractivity contribution in [2.45, 2.75) is 78.2 Å². The van der Waals surface area contributed by atoms with E-state index in [0.29, 0.717) is 11.8 Å². The first kappa shape index (κ1) is 28.9. The number of hydrogen-bond acceptors (Lipinski definition) is 4. The molecular formula is C30H37F3O4. The lowest BCUT2D eigenvalue weighted by Gasteiger charge is -2.33. The van der Waals surface area contributed by atoms with Crippen molar-refractivity contribution in [1.29, 1.82) is 0 Å². The highest BCUT2D eigenvalue weighted by molar-refractivity contribution is 5.95. The van der Waals surface area contributed by atoms with Crippen LogP contribution < -0.4 is 0 Å². The number of fused-ring (bicyclic) bond motifs is 1. The minimum atomic E-state index is -5.05. The quantitative estimate of drug-likeness (QED) is 0.311. The first-order valence-electron chi connectivity index (χ1n) is 12.7. The minimum Gasteiger partial charge on any atom is -0.455 e. The Kier molecular flexibility index (Phi) is 8.57. The molecule has 0 saturated heterocycles. The van der Waals surface area contributed by atoms with E-state index in [1.165, 1.54) is 24.3 Å². The number of allylic oxidation sites excluding steroid dienone is 4. The number of halogens is 3. The van der Waals surface area contributed by atoms with Crippen LogP contribution in [0.2, 0.25) is 0 Å². The second kappa shape index (κ2) is 11.0. The molecule has 1 aromatic rings. The van der Waals surface area contributed by atoms with E-state index < -0.39 is 23.9 Å². The Bertz CT molecular complexity index is 1100. The van der Waals surface area contributed by atoms with Gasteiger partial charge in [-0.15, -0.1) is 0 Å².